The van der Waals surface area contributed by atoms with Crippen LogP contribution in [0.15, 0.2) is 59.4 Å². The first-order chi connectivity index (χ1) is 28.2. The predicted molar refractivity (Wildman–Crippen MR) is 232 cm³/mol. The van der Waals surface area contributed by atoms with Gasteiger partial charge >= 0.3 is 24.0 Å². The van der Waals surface area contributed by atoms with E-state index in [9.17, 15) is 24.0 Å². The van der Waals surface area contributed by atoms with Crippen molar-refractivity contribution in [1.29, 1.82) is 0 Å². The number of ether oxygens (including phenoxy) is 2. The average molecular weight is 816 g/mol. The average Bonchev–Trinajstić information content (AvgIpc) is 3.16. The molecule has 2 unspecified atom stereocenters. The Balaban J connectivity index is 1.01. The van der Waals surface area contributed by atoms with E-state index in [2.05, 4.69) is 52.0 Å². The van der Waals surface area contributed by atoms with Crippen LogP contribution >= 0.6 is 0 Å². The number of nitrogens with two attached hydrogens (primary N) is 1. The van der Waals surface area contributed by atoms with Gasteiger partial charge in [-0.15, -0.1) is 0 Å². The molecule has 59 heavy (non-hydrogen) atoms. The van der Waals surface area contributed by atoms with Gasteiger partial charge in [0.25, 0.3) is 5.56 Å². The fourth-order valence-corrected chi connectivity index (χ4v) is 8.08. The molecule has 1 aliphatic rings. The van der Waals surface area contributed by atoms with E-state index in [1.807, 2.05) is 0 Å². The zero-order valence-corrected chi connectivity index (χ0v) is 35.4. The van der Waals surface area contributed by atoms with Crippen molar-refractivity contribution in [3.8, 4) is 0 Å². The third-order valence-electron chi connectivity index (χ3n) is 10.6. The van der Waals surface area contributed by atoms with Crippen LogP contribution in [0.4, 0.5) is 26.9 Å². The summed E-state index contributed by atoms with van der Waals surface area (Å²) in [6.07, 6.45) is 15.7. The van der Waals surface area contributed by atoms with Crippen molar-refractivity contribution >= 4 is 41.3 Å². The van der Waals surface area contributed by atoms with Crippen molar-refractivity contribution in [3.63, 3.8) is 0 Å². The van der Waals surface area contributed by atoms with Crippen LogP contribution in [0.5, 0.6) is 0 Å². The van der Waals surface area contributed by atoms with E-state index in [4.69, 9.17) is 15.2 Å². The van der Waals surface area contributed by atoms with Gasteiger partial charge in [-0.25, -0.2) is 24.2 Å². The number of rotatable bonds is 22. The summed E-state index contributed by atoms with van der Waals surface area (Å²) in [5.74, 6) is -0.596. The quantitative estimate of drug-likeness (QED) is 0.0325. The van der Waals surface area contributed by atoms with E-state index in [1.54, 1.807) is 55.5 Å². The minimum absolute atomic E-state index is 0.0818. The molecule has 7 N–H and O–H groups in total. The maximum atomic E-state index is 13.0. The van der Waals surface area contributed by atoms with Gasteiger partial charge in [-0.3, -0.25) is 15.1 Å². The normalized spacial score (nSPS) is 17.1. The Morgan fingerprint density at radius 3 is 1.76 bits per heavy atom. The Morgan fingerprint density at radius 1 is 0.729 bits per heavy atom. The summed E-state index contributed by atoms with van der Waals surface area (Å²) in [4.78, 5) is 68.6. The second-order valence-corrected chi connectivity index (χ2v) is 17.1. The lowest BCUT2D eigenvalue weighted by molar-refractivity contribution is 0.0488. The van der Waals surface area contributed by atoms with Gasteiger partial charge in [0.15, 0.2) is 0 Å². The number of hydrogen-bond donors (Lipinski definition) is 6. The first-order valence-corrected chi connectivity index (χ1v) is 21.2. The van der Waals surface area contributed by atoms with Crippen LogP contribution in [0.3, 0.4) is 0 Å². The fraction of sp³-hybridized carbons (Fsp3) is 0.556. The van der Waals surface area contributed by atoms with E-state index in [0.717, 1.165) is 51.4 Å². The van der Waals surface area contributed by atoms with Gasteiger partial charge in [-0.05, 0) is 98.4 Å². The minimum Gasteiger partial charge on any atom is -0.462 e. The van der Waals surface area contributed by atoms with Crippen LogP contribution in [-0.4, -0.2) is 59.8 Å². The lowest BCUT2D eigenvalue weighted by Gasteiger charge is -2.46. The number of nitrogens with one attached hydrogen (secondary N) is 5. The summed E-state index contributed by atoms with van der Waals surface area (Å²) in [6.45, 7) is 9.27. The second-order valence-electron chi connectivity index (χ2n) is 17.1. The number of unbranched alkanes of at least 4 members (excludes halogenated alkanes) is 11. The Bertz CT molecular complexity index is 1860. The molecule has 0 radical (unpaired) electrons. The fourth-order valence-electron chi connectivity index (χ4n) is 8.08. The van der Waals surface area contributed by atoms with Gasteiger partial charge < -0.3 is 31.2 Å². The molecule has 2 aromatic carbocycles. The summed E-state index contributed by atoms with van der Waals surface area (Å²) in [7, 11) is 0. The van der Waals surface area contributed by atoms with E-state index in [0.29, 0.717) is 54.4 Å². The van der Waals surface area contributed by atoms with Crippen molar-refractivity contribution in [2.24, 2.45) is 10.8 Å². The summed E-state index contributed by atoms with van der Waals surface area (Å²) in [5.41, 5.74) is 7.57. The number of nitrogen functional groups attached to an aromatic ring is 1. The van der Waals surface area contributed by atoms with Crippen molar-refractivity contribution in [1.82, 2.24) is 20.6 Å². The highest BCUT2D eigenvalue weighted by Gasteiger charge is 2.42. The molecule has 322 valence electrons. The molecule has 2 atom stereocenters. The molecule has 0 bridgehead atoms. The number of hydrogen-bond acceptors (Lipinski definition) is 9. The van der Waals surface area contributed by atoms with Crippen molar-refractivity contribution in [3.05, 3.63) is 81.8 Å². The molecule has 14 heteroatoms. The monoisotopic (exact) mass is 815 g/mol. The van der Waals surface area contributed by atoms with Crippen LogP contribution < -0.4 is 32.6 Å². The molecule has 4 amide bonds. The molecule has 3 aromatic rings. The van der Waals surface area contributed by atoms with Crippen LogP contribution in [0.1, 0.15) is 143 Å². The standard InChI is InChI=1S/C45H65N7O7/c1-32-27-38(53)51-41(48-32)52-42(56)47-31-45(4)29-37(28-44(2,3)30-45)50-43(57)49-36-23-19-34(20-24-36)40(55)59-26-16-14-12-10-8-6-5-7-9-11-13-15-25-58-39(54)33-17-21-35(46)22-18-33/h17-24,27,37H,5-16,25-26,28-31,46H2,1-4H3,(H2,49,50,57)(H3,47,48,51,52,53,56). The van der Waals surface area contributed by atoms with E-state index in [-0.39, 0.29) is 46.3 Å². The maximum Gasteiger partial charge on any atom is 0.338 e. The Labute approximate surface area is 348 Å². The number of amides is 4. The van der Waals surface area contributed by atoms with Gasteiger partial charge in [-0.2, -0.15) is 0 Å². The number of anilines is 3. The molecule has 1 saturated carbocycles. The van der Waals surface area contributed by atoms with Gasteiger partial charge in [-0.1, -0.05) is 85.0 Å². The first-order valence-electron chi connectivity index (χ1n) is 21.2. The maximum absolute atomic E-state index is 13.0. The minimum atomic E-state index is -0.470. The van der Waals surface area contributed by atoms with Crippen LogP contribution in [0.25, 0.3) is 0 Å². The zero-order valence-electron chi connectivity index (χ0n) is 35.4. The molecule has 0 saturated heterocycles. The van der Waals surface area contributed by atoms with Gasteiger partial charge in [0, 0.05) is 35.7 Å². The summed E-state index contributed by atoms with van der Waals surface area (Å²) >= 11 is 0. The molecule has 1 aromatic heterocycles. The number of H-pyrrole nitrogens is 1. The first kappa shape index (κ1) is 46.3. The van der Waals surface area contributed by atoms with E-state index >= 15 is 0 Å². The van der Waals surface area contributed by atoms with Crippen molar-refractivity contribution in [2.45, 2.75) is 130 Å². The number of nitrogens with zero attached hydrogens (tertiary/aromatic N) is 1. The lowest BCUT2D eigenvalue weighted by Crippen LogP contribution is -2.51. The number of aromatic nitrogens is 2. The summed E-state index contributed by atoms with van der Waals surface area (Å²) in [6, 6.07) is 13.9. The number of carbonyl (C=O) groups excluding carboxylic acids is 4. The van der Waals surface area contributed by atoms with Gasteiger partial charge in [0.1, 0.15) is 0 Å². The van der Waals surface area contributed by atoms with Gasteiger partial charge in [0.2, 0.25) is 5.95 Å². The second kappa shape index (κ2) is 23.3. The Hall–Kier alpha value is -5.40. The highest BCUT2D eigenvalue weighted by atomic mass is 16.5. The van der Waals surface area contributed by atoms with E-state index in [1.165, 1.54) is 44.6 Å². The van der Waals surface area contributed by atoms with Crippen LogP contribution in [-0.2, 0) is 9.47 Å². The number of carbonyl (C=O) groups is 4. The molecule has 14 nitrogen and oxygen atoms in total. The number of aromatic amines is 1. The summed E-state index contributed by atoms with van der Waals surface area (Å²) < 4.78 is 10.8. The third kappa shape index (κ3) is 17.6. The number of aryl methyl sites for hydroxylation is 1. The topological polar surface area (TPSA) is 207 Å². The molecule has 1 aliphatic carbocycles. The Morgan fingerprint density at radius 2 is 1.24 bits per heavy atom. The lowest BCUT2D eigenvalue weighted by atomic mass is 9.62. The molecular formula is C45H65N7O7. The van der Waals surface area contributed by atoms with Crippen LogP contribution in [0.2, 0.25) is 0 Å². The smallest absolute Gasteiger partial charge is 0.338 e. The molecule has 0 spiro atoms. The SMILES string of the molecule is Cc1cc(=O)[nH]c(NC(=O)NCC2(C)CC(NC(=O)Nc3ccc(C(=O)OCCCCCCCCCCCCCCOC(=O)c4ccc(N)cc4)cc3)CC(C)(C)C2)n1. The van der Waals surface area contributed by atoms with E-state index < -0.39 is 6.03 Å². The highest BCUT2D eigenvalue weighted by molar-refractivity contribution is 5.92. The summed E-state index contributed by atoms with van der Waals surface area (Å²) in [5, 5.41) is 11.5. The Kier molecular flexibility index (Phi) is 18.2. The number of benzene rings is 2. The largest absolute Gasteiger partial charge is 0.462 e. The van der Waals surface area contributed by atoms with Crippen molar-refractivity contribution in [2.75, 3.05) is 36.1 Å². The molecule has 1 fully saturated rings. The number of esters is 2. The van der Waals surface area contributed by atoms with Crippen molar-refractivity contribution < 1.29 is 28.7 Å². The third-order valence-corrected chi connectivity index (χ3v) is 10.6. The zero-order chi connectivity index (χ0) is 42.7. The van der Waals surface area contributed by atoms with Crippen LogP contribution in [0, 0.1) is 17.8 Å². The molecule has 1 heterocycles. The molecule has 4 rings (SSSR count). The number of urea groups is 2. The van der Waals surface area contributed by atoms with Gasteiger partial charge in [0.05, 0.1) is 24.3 Å². The molecule has 0 aliphatic heterocycles. The predicted octanol–water partition coefficient (Wildman–Crippen LogP) is 8.88. The highest BCUT2D eigenvalue weighted by Crippen LogP contribution is 2.45. The molecular weight excluding hydrogens is 751 g/mol.